The van der Waals surface area contributed by atoms with Gasteiger partial charge in [-0.2, -0.15) is 0 Å². The van der Waals surface area contributed by atoms with Gasteiger partial charge < -0.3 is 14.4 Å². The Morgan fingerprint density at radius 3 is 2.65 bits per heavy atom. The number of hydrogen-bond acceptors (Lipinski definition) is 3. The fourth-order valence-corrected chi connectivity index (χ4v) is 2.13. The SMILES string of the molecule is CC=C(C)COC(=O)N1CCC(C2CO2)CC1. The molecule has 2 heterocycles. The molecule has 0 bridgehead atoms. The molecule has 0 saturated carbocycles. The highest BCUT2D eigenvalue weighted by Crippen LogP contribution is 2.29. The number of hydrogen-bond donors (Lipinski definition) is 0. The van der Waals surface area contributed by atoms with Crippen LogP contribution in [0.15, 0.2) is 11.6 Å². The first-order valence-corrected chi connectivity index (χ1v) is 6.36. The molecule has 1 atom stereocenters. The third-order valence-electron chi connectivity index (χ3n) is 3.60. The van der Waals surface area contributed by atoms with Crippen LogP contribution in [0.5, 0.6) is 0 Å². The Balaban J connectivity index is 1.70. The second-order valence-electron chi connectivity index (χ2n) is 4.89. The van der Waals surface area contributed by atoms with Gasteiger partial charge in [0.2, 0.25) is 0 Å². The van der Waals surface area contributed by atoms with Crippen molar-refractivity contribution in [3.63, 3.8) is 0 Å². The first-order chi connectivity index (χ1) is 8.20. The first-order valence-electron chi connectivity index (χ1n) is 6.36. The van der Waals surface area contributed by atoms with Gasteiger partial charge >= 0.3 is 6.09 Å². The summed E-state index contributed by atoms with van der Waals surface area (Å²) in [4.78, 5) is 13.6. The summed E-state index contributed by atoms with van der Waals surface area (Å²) >= 11 is 0. The highest BCUT2D eigenvalue weighted by Gasteiger charge is 2.35. The van der Waals surface area contributed by atoms with E-state index >= 15 is 0 Å². The Hall–Kier alpha value is -1.03. The van der Waals surface area contributed by atoms with Crippen LogP contribution in [-0.4, -0.2) is 43.4 Å². The maximum atomic E-state index is 11.8. The van der Waals surface area contributed by atoms with Crippen LogP contribution in [0.1, 0.15) is 26.7 Å². The second kappa shape index (κ2) is 5.54. The number of nitrogens with zero attached hydrogens (tertiary/aromatic N) is 1. The molecule has 2 rings (SSSR count). The Kier molecular flexibility index (Phi) is 4.05. The number of amides is 1. The van der Waals surface area contributed by atoms with Gasteiger partial charge in [-0.1, -0.05) is 6.08 Å². The summed E-state index contributed by atoms with van der Waals surface area (Å²) in [5.41, 5.74) is 1.08. The second-order valence-corrected chi connectivity index (χ2v) is 4.89. The standard InChI is InChI=1S/C13H21NO3/c1-3-10(2)8-17-13(15)14-6-4-11(5-7-14)12-9-16-12/h3,11-12H,4-9H2,1-2H3. The summed E-state index contributed by atoms with van der Waals surface area (Å²) in [6.45, 7) is 6.83. The largest absolute Gasteiger partial charge is 0.445 e. The summed E-state index contributed by atoms with van der Waals surface area (Å²) in [5, 5.41) is 0. The van der Waals surface area contributed by atoms with Crippen molar-refractivity contribution in [2.24, 2.45) is 5.92 Å². The van der Waals surface area contributed by atoms with E-state index in [2.05, 4.69) is 0 Å². The van der Waals surface area contributed by atoms with E-state index in [4.69, 9.17) is 9.47 Å². The number of epoxide rings is 1. The van der Waals surface area contributed by atoms with Gasteiger partial charge in [0.15, 0.2) is 0 Å². The van der Waals surface area contributed by atoms with Gasteiger partial charge in [0, 0.05) is 13.1 Å². The lowest BCUT2D eigenvalue weighted by molar-refractivity contribution is 0.0906. The van der Waals surface area contributed by atoms with Crippen molar-refractivity contribution in [1.29, 1.82) is 0 Å². The Bertz CT molecular complexity index is 302. The van der Waals surface area contributed by atoms with Crippen LogP contribution in [-0.2, 0) is 9.47 Å². The van der Waals surface area contributed by atoms with Gasteiger partial charge in [-0.3, -0.25) is 0 Å². The number of allylic oxidation sites excluding steroid dienone is 1. The van der Waals surface area contributed by atoms with E-state index in [1.54, 1.807) is 0 Å². The zero-order chi connectivity index (χ0) is 12.3. The molecule has 17 heavy (non-hydrogen) atoms. The van der Waals surface area contributed by atoms with Crippen molar-refractivity contribution >= 4 is 6.09 Å². The van der Waals surface area contributed by atoms with Gasteiger partial charge in [-0.05, 0) is 38.2 Å². The van der Waals surface area contributed by atoms with E-state index < -0.39 is 0 Å². The van der Waals surface area contributed by atoms with Crippen molar-refractivity contribution in [3.05, 3.63) is 11.6 Å². The van der Waals surface area contributed by atoms with Crippen LogP contribution in [0.25, 0.3) is 0 Å². The fraction of sp³-hybridized carbons (Fsp3) is 0.769. The smallest absolute Gasteiger partial charge is 0.410 e. The minimum atomic E-state index is -0.179. The molecule has 2 aliphatic heterocycles. The van der Waals surface area contributed by atoms with Gasteiger partial charge in [-0.25, -0.2) is 4.79 Å². The van der Waals surface area contributed by atoms with Crippen LogP contribution in [0.2, 0.25) is 0 Å². The highest BCUT2D eigenvalue weighted by atomic mass is 16.6. The molecule has 0 N–H and O–H groups in total. The number of carbonyl (C=O) groups is 1. The lowest BCUT2D eigenvalue weighted by atomic mass is 9.94. The van der Waals surface area contributed by atoms with E-state index in [9.17, 15) is 4.79 Å². The quantitative estimate of drug-likeness (QED) is 0.560. The predicted octanol–water partition coefficient (Wildman–Crippen LogP) is 2.20. The van der Waals surface area contributed by atoms with Crippen LogP contribution >= 0.6 is 0 Å². The molecule has 0 aromatic heterocycles. The molecule has 0 aromatic rings. The van der Waals surface area contributed by atoms with E-state index in [0.29, 0.717) is 18.6 Å². The van der Waals surface area contributed by atoms with Gasteiger partial charge in [0.05, 0.1) is 12.7 Å². The average Bonchev–Trinajstić information content (AvgIpc) is 3.20. The van der Waals surface area contributed by atoms with Crippen LogP contribution in [0, 0.1) is 5.92 Å². The van der Waals surface area contributed by atoms with Gasteiger partial charge in [-0.15, -0.1) is 0 Å². The molecule has 4 heteroatoms. The molecule has 0 aliphatic carbocycles. The van der Waals surface area contributed by atoms with Gasteiger partial charge in [0.1, 0.15) is 6.61 Å². The summed E-state index contributed by atoms with van der Waals surface area (Å²) < 4.78 is 10.5. The molecule has 2 aliphatic rings. The van der Waals surface area contributed by atoms with Crippen molar-refractivity contribution in [2.45, 2.75) is 32.8 Å². The molecule has 2 saturated heterocycles. The summed E-state index contributed by atoms with van der Waals surface area (Å²) in [5.74, 6) is 0.649. The maximum absolute atomic E-state index is 11.8. The molecular formula is C13H21NO3. The predicted molar refractivity (Wildman–Crippen MR) is 64.8 cm³/mol. The summed E-state index contributed by atoms with van der Waals surface area (Å²) in [6.07, 6.45) is 4.34. The number of piperidine rings is 1. The molecule has 96 valence electrons. The van der Waals surface area contributed by atoms with Crippen LogP contribution in [0.4, 0.5) is 4.79 Å². The van der Waals surface area contributed by atoms with E-state index in [-0.39, 0.29) is 6.09 Å². The summed E-state index contributed by atoms with van der Waals surface area (Å²) in [7, 11) is 0. The molecular weight excluding hydrogens is 218 g/mol. The fourth-order valence-electron chi connectivity index (χ4n) is 2.13. The molecule has 1 unspecified atom stereocenters. The van der Waals surface area contributed by atoms with Crippen molar-refractivity contribution in [1.82, 2.24) is 4.90 Å². The topological polar surface area (TPSA) is 42.1 Å². The maximum Gasteiger partial charge on any atom is 0.410 e. The first kappa shape index (κ1) is 12.4. The number of rotatable bonds is 3. The number of carbonyl (C=O) groups excluding carboxylic acids is 1. The van der Waals surface area contributed by atoms with E-state index in [0.717, 1.165) is 38.1 Å². The molecule has 0 aromatic carbocycles. The van der Waals surface area contributed by atoms with Crippen molar-refractivity contribution < 1.29 is 14.3 Å². The molecule has 0 radical (unpaired) electrons. The normalized spacial score (nSPS) is 25.9. The number of ether oxygens (including phenoxy) is 2. The lowest BCUT2D eigenvalue weighted by Crippen LogP contribution is -2.40. The number of likely N-dealkylation sites (tertiary alicyclic amines) is 1. The van der Waals surface area contributed by atoms with E-state index in [1.807, 2.05) is 24.8 Å². The minimum absolute atomic E-state index is 0.179. The van der Waals surface area contributed by atoms with E-state index in [1.165, 1.54) is 0 Å². The van der Waals surface area contributed by atoms with Crippen LogP contribution < -0.4 is 0 Å². The lowest BCUT2D eigenvalue weighted by Gasteiger charge is -2.30. The monoisotopic (exact) mass is 239 g/mol. The molecule has 0 spiro atoms. The molecule has 2 fully saturated rings. The van der Waals surface area contributed by atoms with Crippen molar-refractivity contribution in [3.8, 4) is 0 Å². The minimum Gasteiger partial charge on any atom is -0.445 e. The highest BCUT2D eigenvalue weighted by molar-refractivity contribution is 5.67. The summed E-state index contributed by atoms with van der Waals surface area (Å²) in [6, 6.07) is 0. The Labute approximate surface area is 103 Å². The molecule has 1 amide bonds. The Morgan fingerprint density at radius 1 is 1.47 bits per heavy atom. The zero-order valence-corrected chi connectivity index (χ0v) is 10.6. The van der Waals surface area contributed by atoms with Gasteiger partial charge in [0.25, 0.3) is 0 Å². The van der Waals surface area contributed by atoms with Crippen molar-refractivity contribution in [2.75, 3.05) is 26.3 Å². The average molecular weight is 239 g/mol. The molecule has 4 nitrogen and oxygen atoms in total. The zero-order valence-electron chi connectivity index (χ0n) is 10.6. The Morgan fingerprint density at radius 2 is 2.12 bits per heavy atom. The third-order valence-corrected chi connectivity index (χ3v) is 3.60. The van der Waals surface area contributed by atoms with Crippen LogP contribution in [0.3, 0.4) is 0 Å². The third kappa shape index (κ3) is 3.46.